The molecule has 2 aromatic carbocycles. The van der Waals surface area contributed by atoms with E-state index in [9.17, 15) is 4.79 Å². The molecule has 1 fully saturated rings. The Kier molecular flexibility index (Phi) is 5.01. The maximum absolute atomic E-state index is 13.1. The van der Waals surface area contributed by atoms with Gasteiger partial charge in [-0.05, 0) is 30.4 Å². The Morgan fingerprint density at radius 1 is 0.963 bits per heavy atom. The number of hydrogen-bond acceptors (Lipinski definition) is 3. The molecule has 0 radical (unpaired) electrons. The predicted molar refractivity (Wildman–Crippen MR) is 111 cm³/mol. The maximum atomic E-state index is 13.1. The first-order valence-electron chi connectivity index (χ1n) is 8.79. The van der Waals surface area contributed by atoms with Crippen molar-refractivity contribution in [2.45, 2.75) is 0 Å². The van der Waals surface area contributed by atoms with E-state index in [4.69, 9.17) is 23.8 Å². The van der Waals surface area contributed by atoms with Gasteiger partial charge in [-0.3, -0.25) is 4.79 Å². The molecular formula is C20H19ClN4OS. The van der Waals surface area contributed by atoms with Crippen LogP contribution in [0.3, 0.4) is 0 Å². The lowest BCUT2D eigenvalue weighted by Gasteiger charge is -2.36. The second kappa shape index (κ2) is 7.58. The van der Waals surface area contributed by atoms with Crippen LogP contribution >= 0.6 is 23.8 Å². The van der Waals surface area contributed by atoms with Gasteiger partial charge in [0.25, 0.3) is 5.91 Å². The van der Waals surface area contributed by atoms with Crippen LogP contribution in [0.5, 0.6) is 0 Å². The molecule has 0 unspecified atom stereocenters. The molecule has 0 atom stereocenters. The summed E-state index contributed by atoms with van der Waals surface area (Å²) in [7, 11) is 0. The first-order chi connectivity index (χ1) is 13.1. The second-order valence-electron chi connectivity index (χ2n) is 6.45. The summed E-state index contributed by atoms with van der Waals surface area (Å²) in [6.07, 6.45) is 0. The van der Waals surface area contributed by atoms with E-state index in [0.717, 1.165) is 35.1 Å². The number of aromatic nitrogens is 2. The summed E-state index contributed by atoms with van der Waals surface area (Å²) in [5.41, 5.74) is 3.27. The number of amides is 1. The van der Waals surface area contributed by atoms with Crippen LogP contribution in [0.4, 0.5) is 5.69 Å². The van der Waals surface area contributed by atoms with E-state index in [1.54, 1.807) is 0 Å². The Morgan fingerprint density at radius 2 is 1.70 bits per heavy atom. The standard InChI is InChI=1S/C20H19ClN4OS/c21-15-7-4-8-16(13-15)24-9-11-25(12-10-24)19(26)18-17(22-20(27)23-18)14-5-2-1-3-6-14/h1-8,13H,9-12H2,(H2,22,23,27). The van der Waals surface area contributed by atoms with Crippen molar-refractivity contribution in [1.29, 1.82) is 0 Å². The number of rotatable bonds is 3. The molecule has 0 spiro atoms. The van der Waals surface area contributed by atoms with Gasteiger partial charge in [-0.15, -0.1) is 0 Å². The Bertz CT molecular complexity index is 1010. The van der Waals surface area contributed by atoms with Crippen molar-refractivity contribution >= 4 is 35.4 Å². The Balaban J connectivity index is 1.51. The molecule has 0 saturated carbocycles. The molecule has 1 aromatic heterocycles. The van der Waals surface area contributed by atoms with E-state index in [0.29, 0.717) is 23.6 Å². The predicted octanol–water partition coefficient (Wildman–Crippen LogP) is 4.36. The molecule has 1 aliphatic heterocycles. The van der Waals surface area contributed by atoms with Crippen LogP contribution in [0, 0.1) is 4.77 Å². The minimum Gasteiger partial charge on any atom is -0.368 e. The van der Waals surface area contributed by atoms with Crippen LogP contribution in [-0.2, 0) is 0 Å². The summed E-state index contributed by atoms with van der Waals surface area (Å²) in [4.78, 5) is 23.3. The van der Waals surface area contributed by atoms with Crippen LogP contribution in [0.1, 0.15) is 10.5 Å². The summed E-state index contributed by atoms with van der Waals surface area (Å²) in [5.74, 6) is -0.0352. The fourth-order valence-electron chi connectivity index (χ4n) is 3.36. The number of hydrogen-bond donors (Lipinski definition) is 2. The smallest absolute Gasteiger partial charge is 0.272 e. The molecule has 2 heterocycles. The van der Waals surface area contributed by atoms with Gasteiger partial charge >= 0.3 is 0 Å². The summed E-state index contributed by atoms with van der Waals surface area (Å²) in [6, 6.07) is 17.6. The lowest BCUT2D eigenvalue weighted by Crippen LogP contribution is -2.49. The molecule has 138 valence electrons. The lowest BCUT2D eigenvalue weighted by atomic mass is 10.1. The minimum absolute atomic E-state index is 0.0352. The number of carbonyl (C=O) groups is 1. The van der Waals surface area contributed by atoms with E-state index in [1.165, 1.54) is 0 Å². The second-order valence-corrected chi connectivity index (χ2v) is 7.30. The molecule has 5 nitrogen and oxygen atoms in total. The first kappa shape index (κ1) is 17.8. The number of piperazine rings is 1. The third-order valence-electron chi connectivity index (χ3n) is 4.74. The highest BCUT2D eigenvalue weighted by molar-refractivity contribution is 7.71. The quantitative estimate of drug-likeness (QED) is 0.645. The van der Waals surface area contributed by atoms with Crippen LogP contribution in [-0.4, -0.2) is 47.0 Å². The van der Waals surface area contributed by atoms with Crippen LogP contribution in [0.25, 0.3) is 11.3 Å². The first-order valence-corrected chi connectivity index (χ1v) is 9.58. The molecule has 1 amide bonds. The van der Waals surface area contributed by atoms with Gasteiger partial charge in [0, 0.05) is 42.5 Å². The van der Waals surface area contributed by atoms with E-state index in [2.05, 4.69) is 14.9 Å². The van der Waals surface area contributed by atoms with Crippen molar-refractivity contribution < 1.29 is 4.79 Å². The topological polar surface area (TPSA) is 55.1 Å². The zero-order valence-electron chi connectivity index (χ0n) is 14.6. The number of H-pyrrole nitrogens is 2. The van der Waals surface area contributed by atoms with Gasteiger partial charge in [-0.25, -0.2) is 0 Å². The molecular weight excluding hydrogens is 380 g/mol. The fraction of sp³-hybridized carbons (Fsp3) is 0.200. The molecule has 2 N–H and O–H groups in total. The number of halogens is 1. The molecule has 3 aromatic rings. The number of nitrogens with one attached hydrogen (secondary N) is 2. The van der Waals surface area contributed by atoms with Crippen LogP contribution < -0.4 is 4.90 Å². The van der Waals surface area contributed by atoms with Crippen LogP contribution in [0.15, 0.2) is 54.6 Å². The van der Waals surface area contributed by atoms with Gasteiger partial charge in [-0.2, -0.15) is 0 Å². The van der Waals surface area contributed by atoms with Crippen molar-refractivity contribution in [3.63, 3.8) is 0 Å². The minimum atomic E-state index is -0.0352. The Hall–Kier alpha value is -2.57. The molecule has 0 bridgehead atoms. The zero-order valence-corrected chi connectivity index (χ0v) is 16.2. The number of anilines is 1. The normalized spacial score (nSPS) is 14.4. The highest BCUT2D eigenvalue weighted by atomic mass is 35.5. The zero-order chi connectivity index (χ0) is 18.8. The lowest BCUT2D eigenvalue weighted by molar-refractivity contribution is 0.0742. The average Bonchev–Trinajstić information content (AvgIpc) is 3.10. The summed E-state index contributed by atoms with van der Waals surface area (Å²) in [5, 5.41) is 0.721. The van der Waals surface area contributed by atoms with Gasteiger partial charge in [-0.1, -0.05) is 48.0 Å². The Labute approximate surface area is 167 Å². The third-order valence-corrected chi connectivity index (χ3v) is 5.18. The largest absolute Gasteiger partial charge is 0.368 e. The summed E-state index contributed by atoms with van der Waals surface area (Å²) < 4.78 is 0.453. The molecule has 27 heavy (non-hydrogen) atoms. The number of carbonyl (C=O) groups excluding carboxylic acids is 1. The molecule has 1 saturated heterocycles. The average molecular weight is 399 g/mol. The number of aromatic amines is 2. The number of nitrogens with zero attached hydrogens (tertiary/aromatic N) is 2. The van der Waals surface area contributed by atoms with E-state index >= 15 is 0 Å². The Morgan fingerprint density at radius 3 is 2.41 bits per heavy atom. The van der Waals surface area contributed by atoms with Gasteiger partial charge in [0.15, 0.2) is 4.77 Å². The SMILES string of the molecule is O=C(c1[nH]c(=S)[nH]c1-c1ccccc1)N1CCN(c2cccc(Cl)c2)CC1. The van der Waals surface area contributed by atoms with Gasteiger partial charge in [0.05, 0.1) is 5.69 Å². The molecule has 0 aliphatic carbocycles. The molecule has 1 aliphatic rings. The maximum Gasteiger partial charge on any atom is 0.272 e. The molecule has 7 heteroatoms. The summed E-state index contributed by atoms with van der Waals surface area (Å²) in [6.45, 7) is 2.81. The van der Waals surface area contributed by atoms with Crippen molar-refractivity contribution in [3.8, 4) is 11.3 Å². The number of benzene rings is 2. The number of imidazole rings is 1. The van der Waals surface area contributed by atoms with Crippen molar-refractivity contribution in [1.82, 2.24) is 14.9 Å². The van der Waals surface area contributed by atoms with Crippen molar-refractivity contribution in [2.24, 2.45) is 0 Å². The van der Waals surface area contributed by atoms with Crippen LogP contribution in [0.2, 0.25) is 5.02 Å². The summed E-state index contributed by atoms with van der Waals surface area (Å²) >= 11 is 11.3. The van der Waals surface area contributed by atoms with E-state index < -0.39 is 0 Å². The van der Waals surface area contributed by atoms with Gasteiger partial charge in [0.1, 0.15) is 5.69 Å². The van der Waals surface area contributed by atoms with Crippen molar-refractivity contribution in [3.05, 3.63) is 70.1 Å². The van der Waals surface area contributed by atoms with Crippen molar-refractivity contribution in [2.75, 3.05) is 31.1 Å². The highest BCUT2D eigenvalue weighted by Gasteiger charge is 2.25. The van der Waals surface area contributed by atoms with Gasteiger partial charge in [0.2, 0.25) is 0 Å². The van der Waals surface area contributed by atoms with Gasteiger partial charge < -0.3 is 19.8 Å². The monoisotopic (exact) mass is 398 g/mol. The van der Waals surface area contributed by atoms with E-state index in [-0.39, 0.29) is 5.91 Å². The third kappa shape index (κ3) is 3.77. The fourth-order valence-corrected chi connectivity index (χ4v) is 3.75. The van der Waals surface area contributed by atoms with E-state index in [1.807, 2.05) is 59.5 Å². The highest BCUT2D eigenvalue weighted by Crippen LogP contribution is 2.24. The molecule has 4 rings (SSSR count).